The summed E-state index contributed by atoms with van der Waals surface area (Å²) >= 11 is 0. The summed E-state index contributed by atoms with van der Waals surface area (Å²) < 4.78 is 0. The maximum Gasteiger partial charge on any atom is 0.133 e. The van der Waals surface area contributed by atoms with Crippen LogP contribution in [0.4, 0.5) is 5.82 Å². The normalized spacial score (nSPS) is 23.8. The van der Waals surface area contributed by atoms with Gasteiger partial charge in [-0.1, -0.05) is 0 Å². The molecule has 1 fully saturated rings. The average molecular weight is 274 g/mol. The number of hydrogen-bond donors (Lipinski definition) is 1. The van der Waals surface area contributed by atoms with Crippen LogP contribution in [-0.4, -0.2) is 42.6 Å². The van der Waals surface area contributed by atoms with Crippen molar-refractivity contribution in [2.45, 2.75) is 45.2 Å². The van der Waals surface area contributed by atoms with Crippen LogP contribution in [0.1, 0.15) is 36.6 Å². The van der Waals surface area contributed by atoms with Gasteiger partial charge in [-0.2, -0.15) is 0 Å². The summed E-state index contributed by atoms with van der Waals surface area (Å²) in [6.07, 6.45) is 4.88. The molecule has 2 N–H and O–H groups in total. The molecule has 1 aliphatic heterocycles. The number of nitrogens with zero attached hydrogens (tertiary/aromatic N) is 3. The molecule has 3 rings (SSSR count). The van der Waals surface area contributed by atoms with Crippen LogP contribution in [0.2, 0.25) is 0 Å². The molecule has 1 aromatic heterocycles. The minimum atomic E-state index is 0.576. The smallest absolute Gasteiger partial charge is 0.133 e. The lowest BCUT2D eigenvalue weighted by Crippen LogP contribution is -2.50. The molecule has 1 saturated heterocycles. The van der Waals surface area contributed by atoms with E-state index >= 15 is 0 Å². The van der Waals surface area contributed by atoms with Gasteiger partial charge < -0.3 is 15.5 Å². The van der Waals surface area contributed by atoms with E-state index in [2.05, 4.69) is 29.8 Å². The summed E-state index contributed by atoms with van der Waals surface area (Å²) in [5.74, 6) is 1.15. The van der Waals surface area contributed by atoms with Crippen LogP contribution in [0.25, 0.3) is 0 Å². The molecule has 2 heterocycles. The topological polar surface area (TPSA) is 45.4 Å². The fourth-order valence-corrected chi connectivity index (χ4v) is 3.34. The van der Waals surface area contributed by atoms with Gasteiger partial charge in [0.25, 0.3) is 0 Å². The van der Waals surface area contributed by atoms with Gasteiger partial charge in [0.1, 0.15) is 5.82 Å². The van der Waals surface area contributed by atoms with Crippen molar-refractivity contribution in [1.29, 1.82) is 0 Å². The predicted octanol–water partition coefficient (Wildman–Crippen LogP) is 1.56. The number of fused-ring (bicyclic) bond motifs is 1. The van der Waals surface area contributed by atoms with Crippen molar-refractivity contribution < 1.29 is 0 Å². The lowest BCUT2D eigenvalue weighted by Gasteiger charge is -2.39. The molecular weight excluding hydrogens is 248 g/mol. The summed E-state index contributed by atoms with van der Waals surface area (Å²) in [4.78, 5) is 9.84. The Bertz CT molecular complexity index is 486. The van der Waals surface area contributed by atoms with E-state index in [1.54, 1.807) is 0 Å². The van der Waals surface area contributed by atoms with Gasteiger partial charge in [-0.3, -0.25) is 0 Å². The molecule has 20 heavy (non-hydrogen) atoms. The van der Waals surface area contributed by atoms with E-state index in [-0.39, 0.29) is 0 Å². The largest absolute Gasteiger partial charge is 0.353 e. The highest BCUT2D eigenvalue weighted by Gasteiger charge is 2.24. The first-order chi connectivity index (χ1) is 9.69. The number of aryl methyl sites for hydroxylation is 2. The summed E-state index contributed by atoms with van der Waals surface area (Å²) in [6.45, 7) is 6.09. The SMILES string of the molecule is CC1CN(c2nc3c(cc2CN)CCCC3)CCN1C. The molecule has 0 spiro atoms. The van der Waals surface area contributed by atoms with Gasteiger partial charge in [0.05, 0.1) is 0 Å². The zero-order valence-corrected chi connectivity index (χ0v) is 12.7. The van der Waals surface area contributed by atoms with Gasteiger partial charge in [0, 0.05) is 43.5 Å². The number of likely N-dealkylation sites (N-methyl/N-ethyl adjacent to an activating group) is 1. The maximum absolute atomic E-state index is 5.98. The first-order valence-electron chi connectivity index (χ1n) is 7.86. The van der Waals surface area contributed by atoms with Crippen molar-refractivity contribution in [1.82, 2.24) is 9.88 Å². The minimum Gasteiger partial charge on any atom is -0.353 e. The average Bonchev–Trinajstić information content (AvgIpc) is 2.48. The van der Waals surface area contributed by atoms with Crippen LogP contribution in [0.3, 0.4) is 0 Å². The second-order valence-corrected chi connectivity index (χ2v) is 6.26. The number of anilines is 1. The van der Waals surface area contributed by atoms with Crippen molar-refractivity contribution >= 4 is 5.82 Å². The van der Waals surface area contributed by atoms with Gasteiger partial charge in [-0.05, 0) is 51.3 Å². The molecule has 0 amide bonds. The Morgan fingerprint density at radius 3 is 2.85 bits per heavy atom. The van der Waals surface area contributed by atoms with E-state index in [0.29, 0.717) is 12.6 Å². The minimum absolute atomic E-state index is 0.576. The molecular formula is C16H26N4. The zero-order valence-electron chi connectivity index (χ0n) is 12.7. The van der Waals surface area contributed by atoms with E-state index in [0.717, 1.165) is 31.9 Å². The van der Waals surface area contributed by atoms with Crippen molar-refractivity contribution in [2.24, 2.45) is 5.73 Å². The predicted molar refractivity (Wildman–Crippen MR) is 83.1 cm³/mol. The third kappa shape index (κ3) is 2.54. The lowest BCUT2D eigenvalue weighted by molar-refractivity contribution is 0.233. The summed E-state index contributed by atoms with van der Waals surface area (Å²) in [7, 11) is 2.20. The molecule has 0 radical (unpaired) electrons. The second kappa shape index (κ2) is 5.70. The Kier molecular flexibility index (Phi) is 3.94. The molecule has 0 bridgehead atoms. The number of rotatable bonds is 2. The maximum atomic E-state index is 5.98. The monoisotopic (exact) mass is 274 g/mol. The summed E-state index contributed by atoms with van der Waals surface area (Å²) in [6, 6.07) is 2.90. The second-order valence-electron chi connectivity index (χ2n) is 6.26. The molecule has 0 saturated carbocycles. The molecule has 1 atom stereocenters. The number of piperazine rings is 1. The Morgan fingerprint density at radius 2 is 2.10 bits per heavy atom. The highest BCUT2D eigenvalue weighted by Crippen LogP contribution is 2.27. The van der Waals surface area contributed by atoms with Gasteiger partial charge in [0.2, 0.25) is 0 Å². The molecule has 4 heteroatoms. The Morgan fingerprint density at radius 1 is 1.30 bits per heavy atom. The highest BCUT2D eigenvalue weighted by molar-refractivity contribution is 5.51. The molecule has 0 aromatic carbocycles. The van der Waals surface area contributed by atoms with Crippen LogP contribution < -0.4 is 10.6 Å². The van der Waals surface area contributed by atoms with Crippen molar-refractivity contribution in [3.8, 4) is 0 Å². The van der Waals surface area contributed by atoms with Crippen LogP contribution >= 0.6 is 0 Å². The third-order valence-electron chi connectivity index (χ3n) is 4.84. The number of pyridine rings is 1. The van der Waals surface area contributed by atoms with Crippen LogP contribution in [0.5, 0.6) is 0 Å². The van der Waals surface area contributed by atoms with Crippen molar-refractivity contribution in [2.75, 3.05) is 31.6 Å². The standard InChI is InChI=1S/C16H26N4/c1-12-11-20(8-7-19(12)2)16-14(10-17)9-13-5-3-4-6-15(13)18-16/h9,12H,3-8,10-11,17H2,1-2H3. The molecule has 4 nitrogen and oxygen atoms in total. The Hall–Kier alpha value is -1.13. The molecule has 1 aromatic rings. The van der Waals surface area contributed by atoms with E-state index in [4.69, 9.17) is 10.7 Å². The fourth-order valence-electron chi connectivity index (χ4n) is 3.34. The van der Waals surface area contributed by atoms with Gasteiger partial charge in [0.15, 0.2) is 0 Å². The zero-order chi connectivity index (χ0) is 14.1. The van der Waals surface area contributed by atoms with Crippen LogP contribution in [-0.2, 0) is 19.4 Å². The lowest BCUT2D eigenvalue weighted by atomic mass is 9.94. The number of nitrogens with two attached hydrogens (primary N) is 1. The van der Waals surface area contributed by atoms with Gasteiger partial charge in [-0.25, -0.2) is 4.98 Å². The highest BCUT2D eigenvalue weighted by atomic mass is 15.3. The first kappa shape index (κ1) is 13.8. The molecule has 1 unspecified atom stereocenters. The number of aromatic nitrogens is 1. The quantitative estimate of drug-likeness (QED) is 0.889. The summed E-state index contributed by atoms with van der Waals surface area (Å²) in [5, 5.41) is 0. The number of hydrogen-bond acceptors (Lipinski definition) is 4. The Balaban J connectivity index is 1.91. The van der Waals surface area contributed by atoms with Gasteiger partial charge >= 0.3 is 0 Å². The molecule has 2 aliphatic rings. The van der Waals surface area contributed by atoms with Crippen LogP contribution in [0, 0.1) is 0 Å². The van der Waals surface area contributed by atoms with Crippen molar-refractivity contribution in [3.63, 3.8) is 0 Å². The Labute approximate surface area is 122 Å². The van der Waals surface area contributed by atoms with E-state index in [1.807, 2.05) is 0 Å². The molecule has 1 aliphatic carbocycles. The third-order valence-corrected chi connectivity index (χ3v) is 4.84. The van der Waals surface area contributed by atoms with E-state index in [9.17, 15) is 0 Å². The summed E-state index contributed by atoms with van der Waals surface area (Å²) in [5.41, 5.74) is 9.95. The van der Waals surface area contributed by atoms with E-state index < -0.39 is 0 Å². The fraction of sp³-hybridized carbons (Fsp3) is 0.688. The first-order valence-corrected chi connectivity index (χ1v) is 7.86. The van der Waals surface area contributed by atoms with Crippen molar-refractivity contribution in [3.05, 3.63) is 22.9 Å². The molecule has 110 valence electrons. The van der Waals surface area contributed by atoms with Crippen LogP contribution in [0.15, 0.2) is 6.07 Å². The van der Waals surface area contributed by atoms with E-state index in [1.165, 1.54) is 36.1 Å². The van der Waals surface area contributed by atoms with Gasteiger partial charge in [-0.15, -0.1) is 0 Å².